The average Bonchev–Trinajstić information content (AvgIpc) is 3.28. The summed E-state index contributed by atoms with van der Waals surface area (Å²) in [5.41, 5.74) is 5.26. The lowest BCUT2D eigenvalue weighted by atomic mass is 9.83. The van der Waals surface area contributed by atoms with Crippen molar-refractivity contribution in [2.75, 3.05) is 39.4 Å². The molecule has 0 saturated carbocycles. The fourth-order valence-corrected chi connectivity index (χ4v) is 4.97. The summed E-state index contributed by atoms with van der Waals surface area (Å²) in [7, 11) is 5.44. The Bertz CT molecular complexity index is 1300. The Balaban J connectivity index is 1.58. The van der Waals surface area contributed by atoms with Crippen molar-refractivity contribution >= 4 is 23.2 Å². The van der Waals surface area contributed by atoms with Gasteiger partial charge in [0.25, 0.3) is 5.69 Å². The molecule has 3 aromatic rings. The summed E-state index contributed by atoms with van der Waals surface area (Å²) in [4.78, 5) is 13.1. The summed E-state index contributed by atoms with van der Waals surface area (Å²) in [6.45, 7) is 1.63. The summed E-state index contributed by atoms with van der Waals surface area (Å²) in [5.74, 6) is 1.73. The third-order valence-corrected chi connectivity index (χ3v) is 6.73. The number of likely N-dealkylation sites (tertiary alicyclic amines) is 1. The van der Waals surface area contributed by atoms with Crippen LogP contribution >= 0.6 is 0 Å². The van der Waals surface area contributed by atoms with E-state index in [1.807, 2.05) is 41.4 Å². The zero-order valence-electron chi connectivity index (χ0n) is 20.5. The summed E-state index contributed by atoms with van der Waals surface area (Å²) < 4.78 is 10.7. The molecule has 0 N–H and O–H groups in total. The summed E-state index contributed by atoms with van der Waals surface area (Å²) in [6, 6.07) is 22.6. The van der Waals surface area contributed by atoms with Crippen LogP contribution in [0.2, 0.25) is 0 Å². The third kappa shape index (κ3) is 4.55. The lowest BCUT2D eigenvalue weighted by molar-refractivity contribution is -0.384. The van der Waals surface area contributed by atoms with Crippen molar-refractivity contribution in [3.63, 3.8) is 0 Å². The van der Waals surface area contributed by atoms with Gasteiger partial charge < -0.3 is 14.4 Å². The molecule has 2 aliphatic rings. The molecule has 0 bridgehead atoms. The van der Waals surface area contributed by atoms with E-state index in [0.29, 0.717) is 0 Å². The number of fused-ring (bicyclic) bond motifs is 1. The van der Waals surface area contributed by atoms with Gasteiger partial charge in [-0.3, -0.25) is 15.1 Å². The van der Waals surface area contributed by atoms with E-state index >= 15 is 0 Å². The van der Waals surface area contributed by atoms with Crippen LogP contribution in [0.15, 0.2) is 83.5 Å². The zero-order valence-corrected chi connectivity index (χ0v) is 20.5. The monoisotopic (exact) mass is 484 g/mol. The van der Waals surface area contributed by atoms with Gasteiger partial charge in [0.2, 0.25) is 0 Å². The molecule has 0 unspecified atom stereocenters. The lowest BCUT2D eigenvalue weighted by Crippen LogP contribution is -2.41. The van der Waals surface area contributed by atoms with Gasteiger partial charge in [-0.2, -0.15) is 5.10 Å². The summed E-state index contributed by atoms with van der Waals surface area (Å²) in [5, 5.41) is 18.3. The van der Waals surface area contributed by atoms with E-state index in [2.05, 4.69) is 30.2 Å². The molecular weight excluding hydrogens is 456 g/mol. The number of ether oxygens (including phenoxy) is 2. The number of hydrogen-bond acceptors (Lipinski definition) is 7. The van der Waals surface area contributed by atoms with Gasteiger partial charge in [-0.25, -0.2) is 0 Å². The number of hydrogen-bond donors (Lipinski definition) is 0. The van der Waals surface area contributed by atoms with E-state index in [0.717, 1.165) is 52.7 Å². The first-order valence-electron chi connectivity index (χ1n) is 11.8. The van der Waals surface area contributed by atoms with Crippen LogP contribution in [0, 0.1) is 16.0 Å². The second-order valence-corrected chi connectivity index (χ2v) is 9.07. The molecule has 1 fully saturated rings. The molecule has 8 heteroatoms. The van der Waals surface area contributed by atoms with E-state index in [-0.39, 0.29) is 22.6 Å². The second-order valence-electron chi connectivity index (χ2n) is 9.07. The highest BCUT2D eigenvalue weighted by Crippen LogP contribution is 2.43. The van der Waals surface area contributed by atoms with E-state index in [9.17, 15) is 10.1 Å². The molecule has 0 spiro atoms. The number of nitrogens with zero attached hydrogens (tertiary/aromatic N) is 4. The van der Waals surface area contributed by atoms with Crippen LogP contribution in [0.3, 0.4) is 0 Å². The second kappa shape index (κ2) is 9.83. The molecule has 0 aromatic heterocycles. The number of piperidine rings is 1. The maximum atomic E-state index is 11.2. The molecule has 1 saturated heterocycles. The SMILES string of the molecule is COc1ccc(/C=C2\CN(C)C[C@@H]3C2=NN(c2ccc([N+](=O)[O-])cc2)[C@@H]3c2ccc(OC)cc2)cc1. The topological polar surface area (TPSA) is 80.4 Å². The fourth-order valence-electron chi connectivity index (χ4n) is 4.97. The van der Waals surface area contributed by atoms with E-state index in [1.54, 1.807) is 26.4 Å². The number of non-ortho nitro benzene ring substituents is 1. The van der Waals surface area contributed by atoms with Crippen LogP contribution in [-0.2, 0) is 0 Å². The molecule has 2 aliphatic heterocycles. The van der Waals surface area contributed by atoms with Gasteiger partial charge in [-0.15, -0.1) is 0 Å². The largest absolute Gasteiger partial charge is 0.497 e. The van der Waals surface area contributed by atoms with Crippen molar-refractivity contribution in [3.05, 3.63) is 99.6 Å². The number of anilines is 1. The predicted molar refractivity (Wildman–Crippen MR) is 141 cm³/mol. The first-order valence-corrected chi connectivity index (χ1v) is 11.8. The van der Waals surface area contributed by atoms with Gasteiger partial charge >= 0.3 is 0 Å². The van der Waals surface area contributed by atoms with Gasteiger partial charge in [0.1, 0.15) is 11.5 Å². The fraction of sp³-hybridized carbons (Fsp3) is 0.250. The first kappa shape index (κ1) is 23.6. The van der Waals surface area contributed by atoms with E-state index in [1.165, 1.54) is 12.1 Å². The van der Waals surface area contributed by atoms with Crippen molar-refractivity contribution in [2.45, 2.75) is 6.04 Å². The zero-order chi connectivity index (χ0) is 25.2. The van der Waals surface area contributed by atoms with Crippen LogP contribution in [0.4, 0.5) is 11.4 Å². The van der Waals surface area contributed by atoms with Crippen LogP contribution in [0.25, 0.3) is 6.08 Å². The van der Waals surface area contributed by atoms with Crippen molar-refractivity contribution in [2.24, 2.45) is 11.0 Å². The Labute approximate surface area is 210 Å². The van der Waals surface area contributed by atoms with Gasteiger partial charge in [-0.05, 0) is 66.2 Å². The van der Waals surface area contributed by atoms with Crippen LogP contribution < -0.4 is 14.5 Å². The quantitative estimate of drug-likeness (QED) is 0.355. The Morgan fingerprint density at radius 2 is 1.56 bits per heavy atom. The Kier molecular flexibility index (Phi) is 6.43. The Hall–Kier alpha value is -4.17. The van der Waals surface area contributed by atoms with E-state index < -0.39 is 0 Å². The van der Waals surface area contributed by atoms with Crippen molar-refractivity contribution in [1.29, 1.82) is 0 Å². The smallest absolute Gasteiger partial charge is 0.269 e. The summed E-state index contributed by atoms with van der Waals surface area (Å²) in [6.07, 6.45) is 2.19. The highest BCUT2D eigenvalue weighted by atomic mass is 16.6. The van der Waals surface area contributed by atoms with Crippen molar-refractivity contribution in [1.82, 2.24) is 4.90 Å². The highest BCUT2D eigenvalue weighted by Gasteiger charge is 2.43. The molecular formula is C28H28N4O4. The maximum Gasteiger partial charge on any atom is 0.269 e. The number of hydrazone groups is 1. The van der Waals surface area contributed by atoms with Gasteiger partial charge in [0.15, 0.2) is 0 Å². The molecule has 5 rings (SSSR count). The molecule has 0 aliphatic carbocycles. The summed E-state index contributed by atoms with van der Waals surface area (Å²) >= 11 is 0. The number of benzene rings is 3. The number of nitro benzene ring substituents is 1. The molecule has 3 aromatic carbocycles. The number of likely N-dealkylation sites (N-methyl/N-ethyl adjacent to an activating group) is 1. The lowest BCUT2D eigenvalue weighted by Gasteiger charge is -2.34. The Morgan fingerprint density at radius 1 is 0.944 bits per heavy atom. The predicted octanol–water partition coefficient (Wildman–Crippen LogP) is 5.17. The molecule has 8 nitrogen and oxygen atoms in total. The standard InChI is InChI=1S/C28H28N4O4/c1-30-17-21(16-19-4-12-24(35-2)13-5-19)27-26(18-30)28(20-6-14-25(36-3)15-7-20)31(29-27)22-8-10-23(11-9-22)32(33)34/h4-16,26,28H,17-18H2,1-3H3/b21-16+/t26-,28-/m1/s1. The normalized spacial score (nSPS) is 20.7. The van der Waals surface area contributed by atoms with Crippen molar-refractivity contribution in [3.8, 4) is 11.5 Å². The number of nitro groups is 1. The molecule has 2 heterocycles. The molecule has 36 heavy (non-hydrogen) atoms. The molecule has 2 atom stereocenters. The minimum atomic E-state index is -0.384. The highest BCUT2D eigenvalue weighted by molar-refractivity contribution is 6.09. The van der Waals surface area contributed by atoms with E-state index in [4.69, 9.17) is 14.6 Å². The Morgan fingerprint density at radius 3 is 2.14 bits per heavy atom. The van der Waals surface area contributed by atoms with Gasteiger partial charge in [-0.1, -0.05) is 24.3 Å². The van der Waals surface area contributed by atoms with Gasteiger partial charge in [0, 0.05) is 31.1 Å². The minimum Gasteiger partial charge on any atom is -0.497 e. The molecule has 0 radical (unpaired) electrons. The van der Waals surface area contributed by atoms with Crippen molar-refractivity contribution < 1.29 is 14.4 Å². The van der Waals surface area contributed by atoms with Crippen LogP contribution in [-0.4, -0.2) is 49.9 Å². The number of rotatable bonds is 6. The molecule has 184 valence electrons. The third-order valence-electron chi connectivity index (χ3n) is 6.73. The maximum absolute atomic E-state index is 11.2. The minimum absolute atomic E-state index is 0.0591. The first-order chi connectivity index (χ1) is 17.5. The van der Waals surface area contributed by atoms with Gasteiger partial charge in [0.05, 0.1) is 36.6 Å². The average molecular weight is 485 g/mol. The number of methoxy groups -OCH3 is 2. The van der Waals surface area contributed by atoms with Crippen LogP contribution in [0.1, 0.15) is 17.2 Å². The van der Waals surface area contributed by atoms with Crippen LogP contribution in [0.5, 0.6) is 11.5 Å². The molecule has 0 amide bonds.